The minimum atomic E-state index is -1.40. The molecule has 155 valence electrons. The zero-order chi connectivity index (χ0) is 20.2. The molecule has 10 heteroatoms. The predicted molar refractivity (Wildman–Crippen MR) is 146 cm³/mol. The fourth-order valence-corrected chi connectivity index (χ4v) is 8.46. The Morgan fingerprint density at radius 3 is 0.962 bits per heavy atom. The van der Waals surface area contributed by atoms with Crippen LogP contribution >= 0.6 is 61.2 Å². The van der Waals surface area contributed by atoms with Crippen molar-refractivity contribution in [3.05, 3.63) is 0 Å². The van der Waals surface area contributed by atoms with Crippen LogP contribution in [0, 0.1) is 0 Å². The first-order valence-corrected chi connectivity index (χ1v) is 25.8. The number of hydrogen-bond acceptors (Lipinski definition) is 4. The first-order chi connectivity index (χ1) is 11.8. The Balaban J connectivity index is 0.00000105. The zero-order valence-corrected chi connectivity index (χ0v) is 25.5. The van der Waals surface area contributed by atoms with Gasteiger partial charge in [-0.3, -0.25) is 18.7 Å². The summed E-state index contributed by atoms with van der Waals surface area (Å²) in [6.07, 6.45) is 13.5. The van der Waals surface area contributed by atoms with E-state index in [0.717, 1.165) is 52.4 Å². The first kappa shape index (κ1) is 26.8. The summed E-state index contributed by atoms with van der Waals surface area (Å²) in [5.41, 5.74) is 0. The summed E-state index contributed by atoms with van der Waals surface area (Å²) in [6, 6.07) is 0. The Labute approximate surface area is 192 Å². The Morgan fingerprint density at radius 2 is 0.769 bits per heavy atom. The molecule has 0 aromatic heterocycles. The van der Waals surface area contributed by atoms with Crippen molar-refractivity contribution in [2.45, 2.75) is 0 Å². The second-order valence-electron chi connectivity index (χ2n) is 8.21. The van der Waals surface area contributed by atoms with Crippen LogP contribution in [0.1, 0.15) is 0 Å². The molecule has 4 nitrogen and oxygen atoms in total. The maximum atomic E-state index is 4.70. The van der Waals surface area contributed by atoms with E-state index >= 15 is 0 Å². The third kappa shape index (κ3) is 8.14. The standard InChI is InChI=1S/C16H37N4P3.2HI.V/c1-21(2,3)17-9-13-19(14-10-17)23(7,8)20-15-11-18(12-16-20)22(4,5)6;;;/h1,4,7,9-16H2,2-3,5-6,8H3;2*1H;/q;;;+2/p-2. The van der Waals surface area contributed by atoms with E-state index in [2.05, 4.69) is 105 Å². The molecule has 0 bridgehead atoms. The Hall–Kier alpha value is 2.78. The molecule has 2 saturated heterocycles. The van der Waals surface area contributed by atoms with Gasteiger partial charge in [0.05, 0.1) is 0 Å². The molecule has 0 saturated carbocycles. The van der Waals surface area contributed by atoms with Crippen molar-refractivity contribution in [3.63, 3.8) is 0 Å². The van der Waals surface area contributed by atoms with Crippen LogP contribution in [-0.2, 0) is 9.47 Å². The van der Waals surface area contributed by atoms with Crippen molar-refractivity contribution in [1.82, 2.24) is 18.7 Å². The summed E-state index contributed by atoms with van der Waals surface area (Å²) in [7, 11) is -2.98. The van der Waals surface area contributed by atoms with E-state index in [9.17, 15) is 0 Å². The van der Waals surface area contributed by atoms with Gasteiger partial charge in [-0.2, -0.15) is 0 Å². The SMILES string of the molecule is C=P(C)(C)N1CCN(P(=C)(C)N2CCN(P(=C)(C)C)CC2)CC1.[I][V][I]. The van der Waals surface area contributed by atoms with E-state index in [1.54, 1.807) is 0 Å². The summed E-state index contributed by atoms with van der Waals surface area (Å²) in [5.74, 6) is 0. The third-order valence-electron chi connectivity index (χ3n) is 5.21. The molecule has 26 heavy (non-hydrogen) atoms. The topological polar surface area (TPSA) is 13.0 Å². The number of halogens is 2. The van der Waals surface area contributed by atoms with Crippen LogP contribution in [-0.4, -0.2) is 123 Å². The number of piperazine rings is 2. The summed E-state index contributed by atoms with van der Waals surface area (Å²) >= 11 is 4.74. The van der Waals surface area contributed by atoms with E-state index in [1.165, 1.54) is 0 Å². The zero-order valence-electron chi connectivity index (χ0n) is 17.1. The minimum absolute atomic E-state index is 0.628. The van der Waals surface area contributed by atoms with Gasteiger partial charge in [0.1, 0.15) is 0 Å². The van der Waals surface area contributed by atoms with Crippen molar-refractivity contribution in [3.8, 4) is 0 Å². The predicted octanol–water partition coefficient (Wildman–Crippen LogP) is 4.15. The monoisotopic (exact) mass is 683 g/mol. The Bertz CT molecular complexity index is 530. The van der Waals surface area contributed by atoms with E-state index < -0.39 is 21.3 Å². The molecule has 2 aliphatic rings. The van der Waals surface area contributed by atoms with Crippen LogP contribution in [0.15, 0.2) is 0 Å². The van der Waals surface area contributed by atoms with Crippen molar-refractivity contribution in [1.29, 1.82) is 0 Å². The van der Waals surface area contributed by atoms with Gasteiger partial charge in [0.15, 0.2) is 0 Å². The summed E-state index contributed by atoms with van der Waals surface area (Å²) < 4.78 is 10.6. The molecule has 2 aliphatic heterocycles. The third-order valence-corrected chi connectivity index (χ3v) is 12.3. The van der Waals surface area contributed by atoms with E-state index in [-0.39, 0.29) is 0 Å². The molecule has 0 N–H and O–H groups in total. The first-order valence-electron chi connectivity index (χ1n) is 8.85. The fraction of sp³-hybridized carbons (Fsp3) is 0.812. The van der Waals surface area contributed by atoms with Crippen LogP contribution in [0.4, 0.5) is 0 Å². The van der Waals surface area contributed by atoms with Gasteiger partial charge in [-0.1, -0.05) is 33.0 Å². The number of nitrogens with zero attached hydrogens (tertiary/aromatic N) is 4. The normalized spacial score (nSPS) is 22.6. The van der Waals surface area contributed by atoms with Gasteiger partial charge in [0, 0.05) is 59.5 Å². The van der Waals surface area contributed by atoms with Crippen LogP contribution in [0.2, 0.25) is 0 Å². The van der Waals surface area contributed by atoms with Gasteiger partial charge in [0.25, 0.3) is 0 Å². The molecule has 2 heterocycles. The van der Waals surface area contributed by atoms with Crippen LogP contribution in [0.5, 0.6) is 0 Å². The number of rotatable bonds is 4. The Morgan fingerprint density at radius 1 is 0.577 bits per heavy atom. The molecule has 0 atom stereocenters. The average molecular weight is 683 g/mol. The van der Waals surface area contributed by atoms with Crippen molar-refractivity contribution < 1.29 is 9.47 Å². The molecule has 0 aromatic carbocycles. The summed E-state index contributed by atoms with van der Waals surface area (Å²) in [6.45, 7) is 21.0. The summed E-state index contributed by atoms with van der Waals surface area (Å²) in [4.78, 5) is 0. The van der Waals surface area contributed by atoms with Crippen LogP contribution in [0.25, 0.3) is 0 Å². The van der Waals surface area contributed by atoms with Crippen molar-refractivity contribution in [2.75, 3.05) is 85.7 Å². The molecule has 0 spiro atoms. The molecule has 2 fully saturated rings. The second-order valence-corrected chi connectivity index (χ2v) is 30.9. The Kier molecular flexibility index (Phi) is 11.8. The van der Waals surface area contributed by atoms with Crippen LogP contribution < -0.4 is 0 Å². The van der Waals surface area contributed by atoms with Crippen LogP contribution in [0.3, 0.4) is 0 Å². The molecule has 0 aliphatic carbocycles. The number of hydrogen-bond donors (Lipinski definition) is 0. The second kappa shape index (κ2) is 11.4. The molecule has 0 unspecified atom stereocenters. The fourth-order valence-electron chi connectivity index (χ4n) is 3.49. The molecule has 0 aromatic rings. The molecule has 0 amide bonds. The molecular weight excluding hydrogens is 646 g/mol. The van der Waals surface area contributed by atoms with Gasteiger partial charge in [-0.25, -0.2) is 0 Å². The molecular formula is C16H37I2N4P3V. The van der Waals surface area contributed by atoms with E-state index in [4.69, 9.17) is 6.30 Å². The van der Waals surface area contributed by atoms with Crippen molar-refractivity contribution >= 4 is 80.1 Å². The van der Waals surface area contributed by atoms with E-state index in [1.807, 2.05) is 0 Å². The van der Waals surface area contributed by atoms with Gasteiger partial charge in [0.2, 0.25) is 0 Å². The quantitative estimate of drug-likeness (QED) is 0.327. The maximum absolute atomic E-state index is 4.70. The van der Waals surface area contributed by atoms with Gasteiger partial charge >= 0.3 is 49.4 Å². The van der Waals surface area contributed by atoms with Gasteiger partial charge in [-0.15, -0.1) is 0 Å². The molecule has 2 rings (SSSR count). The van der Waals surface area contributed by atoms with Gasteiger partial charge < -0.3 is 0 Å². The van der Waals surface area contributed by atoms with E-state index in [0.29, 0.717) is 9.47 Å². The molecule has 0 radical (unpaired) electrons. The van der Waals surface area contributed by atoms with Crippen molar-refractivity contribution in [2.24, 2.45) is 0 Å². The summed E-state index contributed by atoms with van der Waals surface area (Å²) in [5, 5.41) is 0. The average Bonchev–Trinajstić information content (AvgIpc) is 2.54. The van der Waals surface area contributed by atoms with Gasteiger partial charge in [-0.05, 0) is 33.3 Å².